The molecule has 306 valence electrons. The van der Waals surface area contributed by atoms with Crippen molar-refractivity contribution in [2.24, 2.45) is 51.8 Å². The van der Waals surface area contributed by atoms with Crippen LogP contribution in [0.3, 0.4) is 0 Å². The van der Waals surface area contributed by atoms with Crippen LogP contribution in [0.5, 0.6) is 0 Å². The summed E-state index contributed by atoms with van der Waals surface area (Å²) in [5, 5.41) is 0. The molecule has 5 nitrogen and oxygen atoms in total. The van der Waals surface area contributed by atoms with Gasteiger partial charge in [-0.15, -0.1) is 0 Å². The van der Waals surface area contributed by atoms with Crippen LogP contribution in [0, 0.1) is 51.8 Å². The number of hydrogen-bond donors (Lipinski definition) is 0. The third kappa shape index (κ3) is 6.85. The quantitative estimate of drug-likeness (QED) is 0.135. The molecule has 1 aromatic carbocycles. The summed E-state index contributed by atoms with van der Waals surface area (Å²) in [6.45, 7) is 14.2. The molecule has 0 heterocycles. The topological polar surface area (TPSA) is 61.8 Å². The predicted octanol–water partition coefficient (Wildman–Crippen LogP) is 11.1. The highest BCUT2D eigenvalue weighted by Crippen LogP contribution is 2.67. The molecule has 0 spiro atoms. The van der Waals surface area contributed by atoms with Crippen LogP contribution in [0.4, 0.5) is 8.78 Å². The summed E-state index contributed by atoms with van der Waals surface area (Å²) in [6.07, 6.45) is 22.0. The summed E-state index contributed by atoms with van der Waals surface area (Å²) < 4.78 is 45.4. The number of halogens is 2. The summed E-state index contributed by atoms with van der Waals surface area (Å²) in [5.41, 5.74) is 7.96. The summed E-state index contributed by atoms with van der Waals surface area (Å²) in [6, 6.07) is 4.62. The van der Waals surface area contributed by atoms with Gasteiger partial charge in [-0.25, -0.2) is 9.18 Å². The van der Waals surface area contributed by atoms with Gasteiger partial charge in [0.05, 0.1) is 12.2 Å². The molecule has 8 rings (SSSR count). The van der Waals surface area contributed by atoms with E-state index >= 15 is 0 Å². The maximum absolute atomic E-state index is 13.9. The number of benzene rings is 1. The number of carbonyl (C=O) groups excluding carboxylic acids is 2. The summed E-state index contributed by atoms with van der Waals surface area (Å²) in [4.78, 5) is 24.1. The number of allylic oxidation sites excluding steroid dienone is 4. The standard InChI is InChI=1S/C49H66F2O5/c1-29(8-7-25-50)40-15-16-42-39-13-10-33-27-35(19-22-47(33,4)43(39)21-24-48(40,42)5)56-45(28-54-46(53)30(2)51)44-18-17-41-38-12-9-32-26-34(55-31(3)52)11-14-36(32)37(38)20-23-49(41,44)6/h7-9,12-13,29,33-35,40-45H,2,10-11,14-28H2,1,3-6H3/b8-7+/t29-,33?,34+,35+,40?,41?,42?,43?,44?,45-,47+,48-,49+/m1/s1. The van der Waals surface area contributed by atoms with E-state index in [1.54, 1.807) is 11.6 Å². The maximum Gasteiger partial charge on any atom is 0.366 e. The van der Waals surface area contributed by atoms with Gasteiger partial charge in [-0.2, -0.15) is 4.39 Å². The van der Waals surface area contributed by atoms with Crippen LogP contribution >= 0.6 is 0 Å². The Balaban J connectivity index is 0.987. The van der Waals surface area contributed by atoms with Crippen LogP contribution < -0.4 is 0 Å². The lowest BCUT2D eigenvalue weighted by Crippen LogP contribution is -2.51. The number of rotatable bonds is 10. The molecular formula is C49H66F2O5. The van der Waals surface area contributed by atoms with Crippen LogP contribution in [-0.4, -0.2) is 43.5 Å². The molecule has 0 saturated heterocycles. The van der Waals surface area contributed by atoms with Crippen molar-refractivity contribution in [3.63, 3.8) is 0 Å². The molecular weight excluding hydrogens is 707 g/mol. The van der Waals surface area contributed by atoms with Gasteiger partial charge in [0, 0.05) is 13.3 Å². The van der Waals surface area contributed by atoms with E-state index in [-0.39, 0.29) is 59.7 Å². The van der Waals surface area contributed by atoms with Gasteiger partial charge in [-0.3, -0.25) is 4.79 Å². The SMILES string of the molecule is C=C(F)C(=O)OC[C@@H](O[C@H]1CC[C@@]2(C)C(CC=C3C2CC[C@@]2(C)C3CCC2[C@H](C)/C=C/CF)C1)C1CCC2c3ccc4c(c3CC[C@@]21C)CC[C@H](OC(C)=O)C4. The number of ether oxygens (including phenoxy) is 3. The van der Waals surface area contributed by atoms with Crippen molar-refractivity contribution in [3.05, 3.63) is 70.6 Å². The Morgan fingerprint density at radius 2 is 1.62 bits per heavy atom. The average Bonchev–Trinajstić information content (AvgIpc) is 3.71. The fourth-order valence-corrected chi connectivity index (χ4v) is 14.6. The largest absolute Gasteiger partial charge is 0.462 e. The van der Waals surface area contributed by atoms with Crippen molar-refractivity contribution in [2.75, 3.05) is 13.3 Å². The molecule has 7 aliphatic rings. The molecule has 0 amide bonds. The molecule has 56 heavy (non-hydrogen) atoms. The van der Waals surface area contributed by atoms with Gasteiger partial charge in [0.2, 0.25) is 5.83 Å². The first-order chi connectivity index (χ1) is 26.8. The predicted molar refractivity (Wildman–Crippen MR) is 215 cm³/mol. The monoisotopic (exact) mass is 772 g/mol. The molecule has 0 aliphatic heterocycles. The minimum absolute atomic E-state index is 0.0291. The van der Waals surface area contributed by atoms with E-state index < -0.39 is 11.8 Å². The van der Waals surface area contributed by atoms with Crippen molar-refractivity contribution in [3.8, 4) is 0 Å². The van der Waals surface area contributed by atoms with Crippen molar-refractivity contribution < 1.29 is 32.6 Å². The van der Waals surface area contributed by atoms with E-state index in [4.69, 9.17) is 14.2 Å². The summed E-state index contributed by atoms with van der Waals surface area (Å²) in [5.74, 6) is 1.10. The highest BCUT2D eigenvalue weighted by molar-refractivity contribution is 5.85. The molecule has 4 saturated carbocycles. The summed E-state index contributed by atoms with van der Waals surface area (Å²) >= 11 is 0. The van der Waals surface area contributed by atoms with E-state index in [0.717, 1.165) is 70.6 Å². The zero-order valence-corrected chi connectivity index (χ0v) is 34.7. The van der Waals surface area contributed by atoms with E-state index in [1.165, 1.54) is 54.9 Å². The Bertz CT molecular complexity index is 1770. The zero-order chi connectivity index (χ0) is 39.6. The Kier molecular flexibility index (Phi) is 11.0. The number of esters is 2. The Hall–Kier alpha value is -2.80. The van der Waals surface area contributed by atoms with Crippen molar-refractivity contribution >= 4 is 11.9 Å². The molecule has 0 bridgehead atoms. The first-order valence-electron chi connectivity index (χ1n) is 22.2. The van der Waals surface area contributed by atoms with E-state index in [0.29, 0.717) is 35.5 Å². The van der Waals surface area contributed by atoms with Crippen molar-refractivity contribution in [1.29, 1.82) is 0 Å². The fourth-order valence-electron chi connectivity index (χ4n) is 14.6. The van der Waals surface area contributed by atoms with Crippen molar-refractivity contribution in [1.82, 2.24) is 0 Å². The van der Waals surface area contributed by atoms with Gasteiger partial charge in [-0.1, -0.05) is 70.2 Å². The summed E-state index contributed by atoms with van der Waals surface area (Å²) in [7, 11) is 0. The lowest BCUT2D eigenvalue weighted by Gasteiger charge is -2.58. The molecule has 0 N–H and O–H groups in total. The molecule has 1 aromatic rings. The maximum atomic E-state index is 13.9. The Labute approximate surface area is 334 Å². The molecule has 0 aromatic heterocycles. The Morgan fingerprint density at radius 3 is 2.39 bits per heavy atom. The number of alkyl halides is 1. The molecule has 13 atom stereocenters. The van der Waals surface area contributed by atoms with E-state index in [1.807, 2.05) is 0 Å². The first-order valence-corrected chi connectivity index (χ1v) is 22.2. The number of fused-ring (bicyclic) bond motifs is 10. The van der Waals surface area contributed by atoms with Crippen LogP contribution in [0.2, 0.25) is 0 Å². The van der Waals surface area contributed by atoms with Gasteiger partial charge in [0.25, 0.3) is 0 Å². The van der Waals surface area contributed by atoms with E-state index in [2.05, 4.69) is 58.6 Å². The normalized spacial score (nSPS) is 39.5. The second-order valence-electron chi connectivity index (χ2n) is 20.0. The Morgan fingerprint density at radius 1 is 0.893 bits per heavy atom. The minimum atomic E-state index is -1.06. The molecule has 4 fully saturated rings. The van der Waals surface area contributed by atoms with Crippen LogP contribution in [0.1, 0.15) is 140 Å². The van der Waals surface area contributed by atoms with Gasteiger partial charge in [0.15, 0.2) is 0 Å². The van der Waals surface area contributed by atoms with Crippen LogP contribution in [0.15, 0.2) is 48.3 Å². The lowest BCUT2D eigenvalue weighted by molar-refractivity contribution is -0.159. The van der Waals surface area contributed by atoms with Gasteiger partial charge in [-0.05, 0) is 170 Å². The van der Waals surface area contributed by atoms with Gasteiger partial charge < -0.3 is 14.2 Å². The fraction of sp³-hybridized carbons (Fsp3) is 0.714. The smallest absolute Gasteiger partial charge is 0.366 e. The second-order valence-corrected chi connectivity index (χ2v) is 20.0. The highest BCUT2D eigenvalue weighted by Gasteiger charge is 2.59. The number of carbonyl (C=O) groups is 2. The third-order valence-corrected chi connectivity index (χ3v) is 17.4. The molecule has 7 heteroatoms. The lowest BCUT2D eigenvalue weighted by atomic mass is 9.47. The molecule has 0 radical (unpaired) electrons. The van der Waals surface area contributed by atoms with Gasteiger partial charge >= 0.3 is 11.9 Å². The van der Waals surface area contributed by atoms with Crippen molar-refractivity contribution in [2.45, 2.75) is 155 Å². The third-order valence-electron chi connectivity index (χ3n) is 17.4. The van der Waals surface area contributed by atoms with Gasteiger partial charge in [0.1, 0.15) is 19.4 Å². The molecule has 6 unspecified atom stereocenters. The van der Waals surface area contributed by atoms with Crippen LogP contribution in [0.25, 0.3) is 0 Å². The zero-order valence-electron chi connectivity index (χ0n) is 34.7. The number of hydrogen-bond acceptors (Lipinski definition) is 5. The minimum Gasteiger partial charge on any atom is -0.462 e. The second kappa shape index (κ2) is 15.4. The average molecular weight is 773 g/mol. The molecule has 7 aliphatic carbocycles. The first kappa shape index (κ1) is 40.0. The van der Waals surface area contributed by atoms with Crippen LogP contribution in [-0.2, 0) is 43.1 Å². The highest BCUT2D eigenvalue weighted by atomic mass is 19.1. The van der Waals surface area contributed by atoms with E-state index in [9.17, 15) is 18.4 Å².